The van der Waals surface area contributed by atoms with Crippen LogP contribution in [0.5, 0.6) is 5.75 Å². The summed E-state index contributed by atoms with van der Waals surface area (Å²) in [6.45, 7) is 6.18. The third-order valence-electron chi connectivity index (χ3n) is 7.41. The molecular formula is C25H31F2N5O4S. The van der Waals surface area contributed by atoms with Crippen molar-refractivity contribution in [3.8, 4) is 5.75 Å². The summed E-state index contributed by atoms with van der Waals surface area (Å²) in [6, 6.07) is 0. The number of hydrogen-bond acceptors (Lipinski definition) is 8. The molecule has 1 aromatic heterocycles. The zero-order chi connectivity index (χ0) is 27.9. The maximum atomic E-state index is 14.2. The van der Waals surface area contributed by atoms with Gasteiger partial charge in [-0.1, -0.05) is 31.3 Å². The zero-order valence-corrected chi connectivity index (χ0v) is 22.0. The van der Waals surface area contributed by atoms with Gasteiger partial charge in [0.15, 0.2) is 11.4 Å². The first-order chi connectivity index (χ1) is 17.2. The second kappa shape index (κ2) is 10.3. The van der Waals surface area contributed by atoms with Crippen LogP contribution in [-0.2, 0) is 0 Å². The van der Waals surface area contributed by atoms with Gasteiger partial charge in [-0.2, -0.15) is 0 Å². The normalized spacial score (nSPS) is 24.0. The highest BCUT2D eigenvalue weighted by molar-refractivity contribution is 8.26. The van der Waals surface area contributed by atoms with E-state index in [1.54, 1.807) is 19.1 Å². The molecule has 2 heterocycles. The van der Waals surface area contributed by atoms with Gasteiger partial charge in [0.05, 0.1) is 17.2 Å². The molecule has 1 aromatic rings. The quantitative estimate of drug-likeness (QED) is 0.249. The number of nitrogens with one attached hydrogen (secondary N) is 2. The molecule has 0 aromatic carbocycles. The highest BCUT2D eigenvalue weighted by Crippen LogP contribution is 2.52. The lowest BCUT2D eigenvalue weighted by atomic mass is 9.78. The van der Waals surface area contributed by atoms with Crippen molar-refractivity contribution < 1.29 is 23.8 Å². The molecule has 1 spiro atoms. The summed E-state index contributed by atoms with van der Waals surface area (Å²) in [6.07, 6.45) is 4.89. The predicted octanol–water partition coefficient (Wildman–Crippen LogP) is 3.79. The number of carbonyl (C=O) groups is 1. The predicted molar refractivity (Wildman–Crippen MR) is 140 cm³/mol. The smallest absolute Gasteiger partial charge is 0.278 e. The first kappa shape index (κ1) is 28.3. The molecule has 9 nitrogen and oxygen atoms in total. The summed E-state index contributed by atoms with van der Waals surface area (Å²) in [5.74, 6) is -3.32. The summed E-state index contributed by atoms with van der Waals surface area (Å²) >= 11 is 0.574. The van der Waals surface area contributed by atoms with Gasteiger partial charge < -0.3 is 15.1 Å². The van der Waals surface area contributed by atoms with E-state index >= 15 is 0 Å². The molecule has 0 radical (unpaired) electrons. The number of fused-ring (bicyclic) bond motifs is 1. The number of pyridine rings is 1. The lowest BCUT2D eigenvalue weighted by Gasteiger charge is -2.57. The van der Waals surface area contributed by atoms with Crippen LogP contribution in [0.4, 0.5) is 8.78 Å². The molecule has 37 heavy (non-hydrogen) atoms. The van der Waals surface area contributed by atoms with Crippen LogP contribution in [0.15, 0.2) is 46.9 Å². The molecule has 0 bridgehead atoms. The van der Waals surface area contributed by atoms with Crippen molar-refractivity contribution in [3.05, 3.63) is 63.6 Å². The van der Waals surface area contributed by atoms with Crippen molar-refractivity contribution in [3.63, 3.8) is 0 Å². The van der Waals surface area contributed by atoms with Gasteiger partial charge in [-0.05, 0) is 31.8 Å². The fraction of sp³-hybridized carbons (Fsp3) is 0.440. The zero-order valence-electron chi connectivity index (χ0n) is 21.2. The topological polar surface area (TPSA) is 134 Å². The minimum Gasteiger partial charge on any atom is -0.502 e. The Morgan fingerprint density at radius 1 is 1.27 bits per heavy atom. The second-order valence-corrected chi connectivity index (χ2v) is 10.6. The summed E-state index contributed by atoms with van der Waals surface area (Å²) in [4.78, 5) is 27.8. The summed E-state index contributed by atoms with van der Waals surface area (Å²) < 4.78 is 28.5. The lowest BCUT2D eigenvalue weighted by molar-refractivity contribution is -0.0334. The highest BCUT2D eigenvalue weighted by atomic mass is 32.2. The van der Waals surface area contributed by atoms with Gasteiger partial charge in [-0.15, -0.1) is 0 Å². The molecule has 2 unspecified atom stereocenters. The van der Waals surface area contributed by atoms with Crippen LogP contribution in [0, 0.1) is 16.2 Å². The van der Waals surface area contributed by atoms with Gasteiger partial charge in [-0.25, -0.2) is 8.78 Å². The Kier molecular flexibility index (Phi) is 7.85. The summed E-state index contributed by atoms with van der Waals surface area (Å²) in [5.41, 5.74) is -3.11. The summed E-state index contributed by atoms with van der Waals surface area (Å²) in [7, 11) is 3.26. The van der Waals surface area contributed by atoms with Gasteiger partial charge in [0.25, 0.3) is 5.91 Å². The summed E-state index contributed by atoms with van der Waals surface area (Å²) in [5, 5.41) is 38.7. The van der Waals surface area contributed by atoms with Crippen molar-refractivity contribution in [2.24, 2.45) is 5.41 Å². The fourth-order valence-electron chi connectivity index (χ4n) is 5.41. The molecule has 1 aliphatic heterocycles. The number of aliphatic hydroxyl groups is 1. The average molecular weight is 536 g/mol. The van der Waals surface area contributed by atoms with E-state index < -0.39 is 39.8 Å². The number of halogens is 2. The maximum Gasteiger partial charge on any atom is 0.278 e. The van der Waals surface area contributed by atoms with Gasteiger partial charge in [-0.3, -0.25) is 30.1 Å². The van der Waals surface area contributed by atoms with Crippen LogP contribution in [0.25, 0.3) is 0 Å². The number of aromatic nitrogens is 1. The maximum absolute atomic E-state index is 14.2. The minimum atomic E-state index is -0.983. The van der Waals surface area contributed by atoms with E-state index in [4.69, 9.17) is 10.8 Å². The molecule has 2 atom stereocenters. The first-order valence-electron chi connectivity index (χ1n) is 11.6. The number of aromatic hydroxyl groups is 1. The average Bonchev–Trinajstić information content (AvgIpc) is 3.19. The van der Waals surface area contributed by atoms with Crippen LogP contribution in [0.3, 0.4) is 0 Å². The Balaban J connectivity index is 2.00. The molecule has 3 rings (SSSR count). The van der Waals surface area contributed by atoms with Gasteiger partial charge >= 0.3 is 0 Å². The Bertz CT molecular complexity index is 1310. The van der Waals surface area contributed by atoms with Crippen LogP contribution >= 0.6 is 11.8 Å². The molecule has 1 amide bonds. The van der Waals surface area contributed by atoms with Gasteiger partial charge in [0, 0.05) is 38.2 Å². The van der Waals surface area contributed by atoms with E-state index in [0.717, 1.165) is 6.42 Å². The molecule has 0 saturated heterocycles. The van der Waals surface area contributed by atoms with Crippen molar-refractivity contribution >= 4 is 27.8 Å². The number of hydrogen-bond donors (Lipinski definition) is 4. The number of amides is 1. The Labute approximate surface area is 217 Å². The molecule has 4 N–H and O–H groups in total. The lowest BCUT2D eigenvalue weighted by Crippen LogP contribution is -2.73. The van der Waals surface area contributed by atoms with E-state index in [9.17, 15) is 28.6 Å². The Hall–Kier alpha value is -3.25. The molecule has 1 fully saturated rings. The standard InChI is InChI=1S/C25H31F2N5O4S/c1-6-15(17(27)10-14(2)26)11-18(28)37-22(29)16-12-32-19(21(35)20(16)34)23(36)30(4)25(31(32)5)9-7-8-24(25,3)13-33/h6,10,12,28-29,33,35H,2,7-9,11,13H2,1,3-5H3/b15-6-,17-10+,28-18?,29-22?. The molecular weight excluding hydrogens is 504 g/mol. The number of aliphatic hydroxyl groups excluding tert-OH is 1. The van der Waals surface area contributed by atoms with Gasteiger partial charge in [0.2, 0.25) is 5.43 Å². The number of rotatable bonds is 6. The largest absolute Gasteiger partial charge is 0.502 e. The molecule has 1 saturated carbocycles. The van der Waals surface area contributed by atoms with Crippen LogP contribution < -0.4 is 10.4 Å². The number of thioether (sulfide) groups is 1. The number of nitrogens with zero attached hydrogens (tertiary/aromatic N) is 3. The molecule has 1 aliphatic carbocycles. The Morgan fingerprint density at radius 2 is 1.92 bits per heavy atom. The molecule has 2 aliphatic rings. The third-order valence-corrected chi connectivity index (χ3v) is 8.23. The minimum absolute atomic E-state index is 0.00828. The number of allylic oxidation sites excluding steroid dienone is 5. The van der Waals surface area contributed by atoms with E-state index in [0.29, 0.717) is 30.7 Å². The van der Waals surface area contributed by atoms with E-state index in [1.807, 2.05) is 6.92 Å². The van der Waals surface area contributed by atoms with Crippen molar-refractivity contribution in [1.29, 1.82) is 10.8 Å². The van der Waals surface area contributed by atoms with Crippen molar-refractivity contribution in [2.75, 3.05) is 25.7 Å². The number of carbonyl (C=O) groups excluding carboxylic acids is 1. The SMILES string of the molecule is C=C(F)/C=C(F)\C(=C/C)CC(=N)SC(=N)c1cn2c(c(O)c1=O)C(=O)N(C)C1(CCCC1(C)CO)N2C. The third kappa shape index (κ3) is 4.52. The molecule has 12 heteroatoms. The van der Waals surface area contributed by atoms with Crippen LogP contribution in [0.1, 0.15) is 55.6 Å². The monoisotopic (exact) mass is 535 g/mol. The van der Waals surface area contributed by atoms with Crippen LogP contribution in [0.2, 0.25) is 0 Å². The van der Waals surface area contributed by atoms with Crippen molar-refractivity contribution in [1.82, 2.24) is 9.58 Å². The van der Waals surface area contributed by atoms with Gasteiger partial charge in [0.1, 0.15) is 22.4 Å². The highest BCUT2D eigenvalue weighted by Gasteiger charge is 2.61. The van der Waals surface area contributed by atoms with E-state index in [-0.39, 0.29) is 39.9 Å². The first-order valence-corrected chi connectivity index (χ1v) is 12.4. The second-order valence-electron chi connectivity index (χ2n) is 9.47. The van der Waals surface area contributed by atoms with Crippen LogP contribution in [-0.4, -0.2) is 62.1 Å². The molecule has 200 valence electrons. The fourth-order valence-corrected chi connectivity index (χ4v) is 6.14. The Morgan fingerprint density at radius 3 is 2.49 bits per heavy atom. The van der Waals surface area contributed by atoms with E-state index in [1.165, 1.54) is 28.8 Å². The van der Waals surface area contributed by atoms with Crippen molar-refractivity contribution in [2.45, 2.75) is 45.2 Å². The van der Waals surface area contributed by atoms with E-state index in [2.05, 4.69) is 6.58 Å².